The summed E-state index contributed by atoms with van der Waals surface area (Å²) in [6.07, 6.45) is 2.90. The van der Waals surface area contributed by atoms with Crippen molar-refractivity contribution >= 4 is 46.7 Å². The summed E-state index contributed by atoms with van der Waals surface area (Å²) in [5.74, 6) is -0.847. The minimum atomic E-state index is -1.01. The van der Waals surface area contributed by atoms with Crippen molar-refractivity contribution in [2.75, 3.05) is 17.2 Å². The standard InChI is InChI=1S/C18H19ClN4O5/c1-9(23-16(26)18(22-17(23)27)4-2-3-5-18)15(25)21-11-7-13-12(6-10(11)19)20-14(24)8-28-13/h6-7,9H,2-5,8H2,1H3,(H,20,24)(H,21,25)(H,22,27). The van der Waals surface area contributed by atoms with Crippen LogP contribution in [0.25, 0.3) is 0 Å². The second-order valence-electron chi connectivity index (χ2n) is 7.22. The van der Waals surface area contributed by atoms with Crippen molar-refractivity contribution in [3.63, 3.8) is 0 Å². The zero-order valence-corrected chi connectivity index (χ0v) is 15.9. The predicted octanol–water partition coefficient (Wildman–Crippen LogP) is 1.86. The summed E-state index contributed by atoms with van der Waals surface area (Å²) in [5, 5.41) is 8.20. The van der Waals surface area contributed by atoms with E-state index in [-0.39, 0.29) is 29.1 Å². The number of benzene rings is 1. The summed E-state index contributed by atoms with van der Waals surface area (Å²) in [7, 11) is 0. The molecule has 1 saturated carbocycles. The third kappa shape index (κ3) is 2.95. The average molecular weight is 407 g/mol. The first-order valence-corrected chi connectivity index (χ1v) is 9.41. The molecule has 1 atom stereocenters. The lowest BCUT2D eigenvalue weighted by Gasteiger charge is -2.24. The van der Waals surface area contributed by atoms with E-state index in [0.29, 0.717) is 24.3 Å². The topological polar surface area (TPSA) is 117 Å². The summed E-state index contributed by atoms with van der Waals surface area (Å²) in [6.45, 7) is 1.35. The Hall–Kier alpha value is -2.81. The van der Waals surface area contributed by atoms with E-state index in [1.165, 1.54) is 19.1 Å². The van der Waals surface area contributed by atoms with Gasteiger partial charge in [0.2, 0.25) is 5.91 Å². The number of nitrogens with one attached hydrogen (secondary N) is 3. The molecule has 1 saturated heterocycles. The van der Waals surface area contributed by atoms with E-state index in [0.717, 1.165) is 17.7 Å². The Kier molecular flexibility index (Phi) is 4.41. The van der Waals surface area contributed by atoms with E-state index < -0.39 is 23.5 Å². The molecule has 9 nitrogen and oxygen atoms in total. The lowest BCUT2D eigenvalue weighted by Crippen LogP contribution is -2.48. The number of halogens is 1. The van der Waals surface area contributed by atoms with E-state index in [4.69, 9.17) is 16.3 Å². The van der Waals surface area contributed by atoms with Crippen molar-refractivity contribution in [2.45, 2.75) is 44.2 Å². The first kappa shape index (κ1) is 18.5. The van der Waals surface area contributed by atoms with E-state index in [1.807, 2.05) is 0 Å². The molecule has 3 N–H and O–H groups in total. The third-order valence-corrected chi connectivity index (χ3v) is 5.69. The molecular weight excluding hydrogens is 388 g/mol. The van der Waals surface area contributed by atoms with Crippen LogP contribution in [0.2, 0.25) is 5.02 Å². The number of ether oxygens (including phenoxy) is 1. The number of carbonyl (C=O) groups is 4. The van der Waals surface area contributed by atoms with Crippen molar-refractivity contribution in [2.24, 2.45) is 0 Å². The highest BCUT2D eigenvalue weighted by Crippen LogP contribution is 2.38. The smallest absolute Gasteiger partial charge is 0.325 e. The van der Waals surface area contributed by atoms with Gasteiger partial charge in [0.25, 0.3) is 11.8 Å². The van der Waals surface area contributed by atoms with Crippen LogP contribution in [0.1, 0.15) is 32.6 Å². The highest BCUT2D eigenvalue weighted by atomic mass is 35.5. The molecule has 0 radical (unpaired) electrons. The van der Waals surface area contributed by atoms with Gasteiger partial charge in [-0.1, -0.05) is 24.4 Å². The van der Waals surface area contributed by atoms with Crippen LogP contribution in [-0.2, 0) is 14.4 Å². The van der Waals surface area contributed by atoms with Gasteiger partial charge in [-0.2, -0.15) is 0 Å². The van der Waals surface area contributed by atoms with Crippen LogP contribution in [0.4, 0.5) is 16.2 Å². The fourth-order valence-corrected chi connectivity index (χ4v) is 4.07. The van der Waals surface area contributed by atoms with Crippen molar-refractivity contribution in [1.29, 1.82) is 0 Å². The quantitative estimate of drug-likeness (QED) is 0.662. The molecule has 4 rings (SSSR count). The summed E-state index contributed by atoms with van der Waals surface area (Å²) < 4.78 is 5.32. The number of hydrogen-bond acceptors (Lipinski definition) is 5. The Morgan fingerprint density at radius 3 is 2.71 bits per heavy atom. The Balaban J connectivity index is 1.52. The minimum absolute atomic E-state index is 0.136. The number of amides is 5. The summed E-state index contributed by atoms with van der Waals surface area (Å²) in [6, 6.07) is 1.39. The average Bonchev–Trinajstić information content (AvgIpc) is 3.20. The number of imide groups is 1. The molecule has 2 aliphatic heterocycles. The SMILES string of the molecule is CC(C(=O)Nc1cc2c(cc1Cl)NC(=O)CO2)N1C(=O)NC2(CCCC2)C1=O. The number of nitrogens with zero attached hydrogens (tertiary/aromatic N) is 1. The highest BCUT2D eigenvalue weighted by Gasteiger charge is 2.54. The number of anilines is 2. The van der Waals surface area contributed by atoms with Crippen LogP contribution in [0.5, 0.6) is 5.75 Å². The summed E-state index contributed by atoms with van der Waals surface area (Å²) in [4.78, 5) is 50.2. The van der Waals surface area contributed by atoms with Gasteiger partial charge in [0.05, 0.1) is 16.4 Å². The van der Waals surface area contributed by atoms with E-state index in [9.17, 15) is 19.2 Å². The fraction of sp³-hybridized carbons (Fsp3) is 0.444. The van der Waals surface area contributed by atoms with Gasteiger partial charge >= 0.3 is 6.03 Å². The number of carbonyl (C=O) groups excluding carboxylic acids is 4. The maximum atomic E-state index is 12.8. The molecule has 3 aliphatic rings. The molecule has 0 bridgehead atoms. The molecular formula is C18H19ClN4O5. The van der Waals surface area contributed by atoms with Crippen molar-refractivity contribution < 1.29 is 23.9 Å². The van der Waals surface area contributed by atoms with Crippen molar-refractivity contribution in [1.82, 2.24) is 10.2 Å². The maximum absolute atomic E-state index is 12.8. The molecule has 2 fully saturated rings. The molecule has 28 heavy (non-hydrogen) atoms. The number of rotatable bonds is 3. The fourth-order valence-electron chi connectivity index (χ4n) is 3.86. The molecule has 10 heteroatoms. The molecule has 5 amide bonds. The normalized spacial score (nSPS) is 21.1. The molecule has 1 unspecified atom stereocenters. The van der Waals surface area contributed by atoms with Gasteiger partial charge in [0.1, 0.15) is 17.3 Å². The Labute approximate surface area is 165 Å². The van der Waals surface area contributed by atoms with E-state index >= 15 is 0 Å². The number of hydrogen-bond donors (Lipinski definition) is 3. The van der Waals surface area contributed by atoms with Crippen LogP contribution in [-0.4, -0.2) is 46.8 Å². The summed E-state index contributed by atoms with van der Waals surface area (Å²) in [5.41, 5.74) is -0.207. The monoisotopic (exact) mass is 406 g/mol. The van der Waals surface area contributed by atoms with E-state index in [2.05, 4.69) is 16.0 Å². The van der Waals surface area contributed by atoms with E-state index in [1.54, 1.807) is 0 Å². The van der Waals surface area contributed by atoms with Crippen LogP contribution >= 0.6 is 11.6 Å². The first-order chi connectivity index (χ1) is 13.3. The predicted molar refractivity (Wildman–Crippen MR) is 100 cm³/mol. The lowest BCUT2D eigenvalue weighted by atomic mass is 9.97. The highest BCUT2D eigenvalue weighted by molar-refractivity contribution is 6.34. The maximum Gasteiger partial charge on any atom is 0.325 e. The van der Waals surface area contributed by atoms with Crippen LogP contribution < -0.4 is 20.7 Å². The molecule has 0 aromatic heterocycles. The molecule has 1 spiro atoms. The van der Waals surface area contributed by atoms with Gasteiger partial charge in [-0.25, -0.2) is 9.69 Å². The molecule has 2 heterocycles. The van der Waals surface area contributed by atoms with Gasteiger partial charge in [0.15, 0.2) is 6.61 Å². The Morgan fingerprint density at radius 1 is 1.29 bits per heavy atom. The number of urea groups is 1. The molecule has 1 aromatic carbocycles. The second-order valence-corrected chi connectivity index (χ2v) is 7.63. The van der Waals surface area contributed by atoms with Gasteiger partial charge in [-0.3, -0.25) is 14.4 Å². The lowest BCUT2D eigenvalue weighted by molar-refractivity contribution is -0.136. The van der Waals surface area contributed by atoms with Crippen LogP contribution in [0, 0.1) is 0 Å². The molecule has 1 aliphatic carbocycles. The Morgan fingerprint density at radius 2 is 2.00 bits per heavy atom. The zero-order valence-electron chi connectivity index (χ0n) is 15.1. The van der Waals surface area contributed by atoms with Crippen molar-refractivity contribution in [3.8, 4) is 5.75 Å². The third-order valence-electron chi connectivity index (χ3n) is 5.38. The van der Waals surface area contributed by atoms with Crippen LogP contribution in [0.3, 0.4) is 0 Å². The van der Waals surface area contributed by atoms with Crippen molar-refractivity contribution in [3.05, 3.63) is 17.2 Å². The van der Waals surface area contributed by atoms with Gasteiger partial charge in [-0.15, -0.1) is 0 Å². The largest absolute Gasteiger partial charge is 0.482 e. The molecule has 1 aromatic rings. The zero-order chi connectivity index (χ0) is 20.1. The van der Waals surface area contributed by atoms with Crippen LogP contribution in [0.15, 0.2) is 12.1 Å². The van der Waals surface area contributed by atoms with Gasteiger partial charge in [0, 0.05) is 6.07 Å². The first-order valence-electron chi connectivity index (χ1n) is 9.04. The Bertz CT molecular complexity index is 896. The van der Waals surface area contributed by atoms with Gasteiger partial charge < -0.3 is 20.7 Å². The summed E-state index contributed by atoms with van der Waals surface area (Å²) >= 11 is 6.19. The minimum Gasteiger partial charge on any atom is -0.482 e. The van der Waals surface area contributed by atoms with Gasteiger partial charge in [-0.05, 0) is 25.8 Å². The number of fused-ring (bicyclic) bond motifs is 1. The second kappa shape index (κ2) is 6.66. The molecule has 148 valence electrons.